The molecule has 1 rings (SSSR count). The van der Waals surface area contributed by atoms with E-state index in [2.05, 4.69) is 0 Å². The summed E-state index contributed by atoms with van der Waals surface area (Å²) in [5.74, 6) is 0. The second-order valence-corrected chi connectivity index (χ2v) is 3.65. The smallest absolute Gasteiger partial charge is 0.0682 e. The number of aliphatic hydroxyl groups excluding tert-OH is 2. The Kier molecular flexibility index (Phi) is 4.88. The number of halogens is 1. The number of aliphatic hydroxyl groups is 2. The van der Waals surface area contributed by atoms with Gasteiger partial charge in [-0.05, 0) is 24.6 Å². The second kappa shape index (κ2) is 5.95. The molecule has 0 saturated carbocycles. The molecule has 0 radical (unpaired) electrons. The highest BCUT2D eigenvalue weighted by Gasteiger charge is 2.08. The molecular weight excluding hydrogens is 214 g/mol. The Morgan fingerprint density at radius 1 is 1.33 bits per heavy atom. The van der Waals surface area contributed by atoms with Gasteiger partial charge in [-0.3, -0.25) is 0 Å². The second-order valence-electron chi connectivity index (χ2n) is 3.25. The van der Waals surface area contributed by atoms with Crippen LogP contribution in [0.5, 0.6) is 0 Å². The molecule has 4 heteroatoms. The van der Waals surface area contributed by atoms with Crippen LogP contribution in [0, 0.1) is 0 Å². The van der Waals surface area contributed by atoms with Crippen LogP contribution in [0.4, 0.5) is 5.69 Å². The van der Waals surface area contributed by atoms with E-state index in [0.717, 1.165) is 17.8 Å². The van der Waals surface area contributed by atoms with E-state index in [1.54, 1.807) is 6.07 Å². The van der Waals surface area contributed by atoms with Crippen molar-refractivity contribution in [3.63, 3.8) is 0 Å². The van der Waals surface area contributed by atoms with E-state index < -0.39 is 0 Å². The lowest BCUT2D eigenvalue weighted by Gasteiger charge is -2.23. The summed E-state index contributed by atoms with van der Waals surface area (Å²) in [5, 5.41) is 18.4. The molecule has 84 valence electrons. The van der Waals surface area contributed by atoms with Gasteiger partial charge in [0.1, 0.15) is 0 Å². The maximum Gasteiger partial charge on any atom is 0.0682 e. The first-order valence-corrected chi connectivity index (χ1v) is 5.35. The van der Waals surface area contributed by atoms with Crippen molar-refractivity contribution in [3.8, 4) is 0 Å². The number of nitrogens with zero attached hydrogens (tertiary/aromatic N) is 1. The van der Waals surface area contributed by atoms with Crippen LogP contribution < -0.4 is 4.90 Å². The van der Waals surface area contributed by atoms with E-state index in [9.17, 15) is 0 Å². The largest absolute Gasteiger partial charge is 0.395 e. The highest BCUT2D eigenvalue weighted by molar-refractivity contribution is 6.33. The van der Waals surface area contributed by atoms with Crippen LogP contribution in [0.2, 0.25) is 5.02 Å². The fraction of sp³-hybridized carbons (Fsp3) is 0.455. The molecule has 1 aromatic rings. The molecule has 0 amide bonds. The molecule has 0 saturated heterocycles. The maximum absolute atomic E-state index is 8.94. The van der Waals surface area contributed by atoms with Gasteiger partial charge in [-0.1, -0.05) is 17.7 Å². The van der Waals surface area contributed by atoms with Crippen molar-refractivity contribution in [2.45, 2.75) is 13.5 Å². The molecule has 0 aromatic heterocycles. The minimum absolute atomic E-state index is 0.00781. The molecule has 0 fully saturated rings. The Balaban J connectivity index is 2.92. The average Bonchev–Trinajstić information content (AvgIpc) is 2.26. The third-order valence-corrected chi connectivity index (χ3v) is 2.59. The van der Waals surface area contributed by atoms with Crippen molar-refractivity contribution in [3.05, 3.63) is 28.8 Å². The number of likely N-dealkylation sites (N-methyl/N-ethyl adjacent to an activating group) is 1. The zero-order chi connectivity index (χ0) is 11.3. The molecule has 0 spiro atoms. The summed E-state index contributed by atoms with van der Waals surface area (Å²) < 4.78 is 0. The van der Waals surface area contributed by atoms with Crippen LogP contribution >= 0.6 is 11.6 Å². The molecule has 0 aliphatic rings. The van der Waals surface area contributed by atoms with Gasteiger partial charge >= 0.3 is 0 Å². The molecule has 15 heavy (non-hydrogen) atoms. The molecule has 1 aromatic carbocycles. The molecule has 0 atom stereocenters. The highest BCUT2D eigenvalue weighted by atomic mass is 35.5. The van der Waals surface area contributed by atoms with E-state index in [4.69, 9.17) is 21.8 Å². The van der Waals surface area contributed by atoms with Crippen LogP contribution in [0.1, 0.15) is 12.5 Å². The van der Waals surface area contributed by atoms with E-state index in [1.807, 2.05) is 24.0 Å². The Hall–Kier alpha value is -0.770. The normalized spacial score (nSPS) is 10.4. The van der Waals surface area contributed by atoms with Gasteiger partial charge in [0.05, 0.1) is 23.9 Å². The predicted molar refractivity (Wildman–Crippen MR) is 62.3 cm³/mol. The monoisotopic (exact) mass is 229 g/mol. The van der Waals surface area contributed by atoms with Gasteiger partial charge in [-0.2, -0.15) is 0 Å². The lowest BCUT2D eigenvalue weighted by Crippen LogP contribution is -2.26. The summed E-state index contributed by atoms with van der Waals surface area (Å²) in [6, 6.07) is 5.45. The summed E-state index contributed by atoms with van der Waals surface area (Å²) in [7, 11) is 0. The van der Waals surface area contributed by atoms with Crippen molar-refractivity contribution >= 4 is 17.3 Å². The quantitative estimate of drug-likeness (QED) is 0.807. The van der Waals surface area contributed by atoms with E-state index >= 15 is 0 Å². The highest BCUT2D eigenvalue weighted by Crippen LogP contribution is 2.26. The first-order valence-electron chi connectivity index (χ1n) is 4.98. The third kappa shape index (κ3) is 3.09. The van der Waals surface area contributed by atoms with Gasteiger partial charge in [0.15, 0.2) is 0 Å². The molecule has 2 N–H and O–H groups in total. The molecule has 0 aliphatic heterocycles. The molecule has 0 heterocycles. The van der Waals surface area contributed by atoms with Crippen molar-refractivity contribution in [1.29, 1.82) is 0 Å². The van der Waals surface area contributed by atoms with Gasteiger partial charge in [0, 0.05) is 13.1 Å². The number of benzene rings is 1. The number of rotatable bonds is 5. The SMILES string of the molecule is CCN(CCO)c1ccc(CO)cc1Cl. The van der Waals surface area contributed by atoms with Crippen LogP contribution in [0.15, 0.2) is 18.2 Å². The minimum atomic E-state index is -0.00781. The zero-order valence-electron chi connectivity index (χ0n) is 8.78. The molecule has 0 aliphatic carbocycles. The molecule has 0 unspecified atom stereocenters. The van der Waals surface area contributed by atoms with E-state index in [1.165, 1.54) is 0 Å². The summed E-state index contributed by atoms with van der Waals surface area (Å²) >= 11 is 6.08. The summed E-state index contributed by atoms with van der Waals surface area (Å²) in [6.45, 7) is 3.46. The van der Waals surface area contributed by atoms with Gasteiger partial charge in [0.25, 0.3) is 0 Å². The summed E-state index contributed by atoms with van der Waals surface area (Å²) in [4.78, 5) is 1.99. The lowest BCUT2D eigenvalue weighted by atomic mass is 10.2. The average molecular weight is 230 g/mol. The number of anilines is 1. The van der Waals surface area contributed by atoms with Crippen LogP contribution in [0.3, 0.4) is 0 Å². The van der Waals surface area contributed by atoms with Gasteiger partial charge in [0.2, 0.25) is 0 Å². The number of hydrogen-bond acceptors (Lipinski definition) is 3. The van der Waals surface area contributed by atoms with Gasteiger partial charge in [-0.25, -0.2) is 0 Å². The fourth-order valence-corrected chi connectivity index (χ4v) is 1.80. The first-order chi connectivity index (χ1) is 7.22. The van der Waals surface area contributed by atoms with Crippen LogP contribution in [-0.4, -0.2) is 29.9 Å². The van der Waals surface area contributed by atoms with Crippen molar-refractivity contribution in [1.82, 2.24) is 0 Å². The minimum Gasteiger partial charge on any atom is -0.395 e. The lowest BCUT2D eigenvalue weighted by molar-refractivity contribution is 0.282. The van der Waals surface area contributed by atoms with E-state index in [-0.39, 0.29) is 13.2 Å². The Bertz CT molecular complexity index is 317. The Morgan fingerprint density at radius 2 is 2.07 bits per heavy atom. The van der Waals surface area contributed by atoms with Crippen LogP contribution in [0.25, 0.3) is 0 Å². The molecule has 0 bridgehead atoms. The van der Waals surface area contributed by atoms with E-state index in [0.29, 0.717) is 11.6 Å². The van der Waals surface area contributed by atoms with Crippen molar-refractivity contribution < 1.29 is 10.2 Å². The van der Waals surface area contributed by atoms with Crippen LogP contribution in [-0.2, 0) is 6.61 Å². The summed E-state index contributed by atoms with van der Waals surface area (Å²) in [5.41, 5.74) is 1.69. The Morgan fingerprint density at radius 3 is 2.53 bits per heavy atom. The fourth-order valence-electron chi connectivity index (χ4n) is 1.47. The molecular formula is C11H16ClNO2. The zero-order valence-corrected chi connectivity index (χ0v) is 9.54. The summed E-state index contributed by atoms with van der Waals surface area (Å²) in [6.07, 6.45) is 0. The van der Waals surface area contributed by atoms with Crippen molar-refractivity contribution in [2.75, 3.05) is 24.6 Å². The topological polar surface area (TPSA) is 43.7 Å². The third-order valence-electron chi connectivity index (χ3n) is 2.29. The molecule has 3 nitrogen and oxygen atoms in total. The first kappa shape index (κ1) is 12.3. The predicted octanol–water partition coefficient (Wildman–Crippen LogP) is 1.65. The maximum atomic E-state index is 8.94. The Labute approximate surface area is 94.9 Å². The number of hydrogen-bond donors (Lipinski definition) is 2. The van der Waals surface area contributed by atoms with Gasteiger partial charge in [-0.15, -0.1) is 0 Å². The standard InChI is InChI=1S/C11H16ClNO2/c1-2-13(5-6-14)11-4-3-9(8-15)7-10(11)12/h3-4,7,14-15H,2,5-6,8H2,1H3. The van der Waals surface area contributed by atoms with Crippen molar-refractivity contribution in [2.24, 2.45) is 0 Å². The van der Waals surface area contributed by atoms with Gasteiger partial charge < -0.3 is 15.1 Å².